The summed E-state index contributed by atoms with van der Waals surface area (Å²) in [5.74, 6) is 0. The molecule has 0 radical (unpaired) electrons. The van der Waals surface area contributed by atoms with E-state index in [0.717, 1.165) is 12.8 Å². The molecule has 0 heterocycles. The number of nitrogens with two attached hydrogens (primary N) is 1. The number of rotatable bonds is 1. The third kappa shape index (κ3) is 1.58. The lowest BCUT2D eigenvalue weighted by Crippen LogP contribution is -2.34. The van der Waals surface area contributed by atoms with Crippen molar-refractivity contribution in [2.75, 3.05) is 0 Å². The van der Waals surface area contributed by atoms with Crippen LogP contribution in [0.5, 0.6) is 0 Å². The number of benzene rings is 1. The quantitative estimate of drug-likeness (QED) is 0.733. The first kappa shape index (κ1) is 9.06. The van der Waals surface area contributed by atoms with Crippen LogP contribution in [-0.4, -0.2) is 11.7 Å². The maximum Gasteiger partial charge on any atom is 0.405 e. The number of ether oxygens (including phenoxy) is 1. The fraction of sp³-hybridized carbons (Fsp3) is 0.364. The molecule has 1 aromatic rings. The Labute approximate surface area is 82.9 Å². The van der Waals surface area contributed by atoms with E-state index < -0.39 is 11.7 Å². The summed E-state index contributed by atoms with van der Waals surface area (Å²) in [5.41, 5.74) is 7.08. The van der Waals surface area contributed by atoms with E-state index in [9.17, 15) is 4.79 Å². The van der Waals surface area contributed by atoms with Crippen molar-refractivity contribution in [2.45, 2.75) is 25.4 Å². The molecular formula is C11H13NO2. The second kappa shape index (κ2) is 3.01. The molecule has 74 valence electrons. The summed E-state index contributed by atoms with van der Waals surface area (Å²) in [4.78, 5) is 10.7. The van der Waals surface area contributed by atoms with Gasteiger partial charge < -0.3 is 10.5 Å². The molecule has 3 nitrogen and oxygen atoms in total. The fourth-order valence-corrected chi connectivity index (χ4v) is 2.09. The smallest absolute Gasteiger partial charge is 0.405 e. The Morgan fingerprint density at radius 1 is 1.36 bits per heavy atom. The van der Waals surface area contributed by atoms with Gasteiger partial charge >= 0.3 is 6.09 Å². The van der Waals surface area contributed by atoms with Crippen LogP contribution in [0.3, 0.4) is 0 Å². The second-order valence-electron chi connectivity index (χ2n) is 3.99. The summed E-state index contributed by atoms with van der Waals surface area (Å²) in [7, 11) is 0. The van der Waals surface area contributed by atoms with Gasteiger partial charge in [-0.05, 0) is 18.1 Å². The van der Waals surface area contributed by atoms with E-state index in [0.29, 0.717) is 0 Å². The standard InChI is InChI=1S/C11H13NO2/c1-11(14-10(12)13)6-8-4-2-3-5-9(8)7-11/h2-5H,6-7H2,1H3,(H2,12,13). The second-order valence-corrected chi connectivity index (χ2v) is 3.99. The van der Waals surface area contributed by atoms with Crippen LogP contribution in [0.1, 0.15) is 18.1 Å². The molecule has 1 aliphatic rings. The Kier molecular flexibility index (Phi) is 1.95. The monoisotopic (exact) mass is 191 g/mol. The molecule has 0 fully saturated rings. The van der Waals surface area contributed by atoms with Crippen molar-refractivity contribution >= 4 is 6.09 Å². The van der Waals surface area contributed by atoms with Gasteiger partial charge in [0.1, 0.15) is 5.60 Å². The van der Waals surface area contributed by atoms with Crippen LogP contribution >= 0.6 is 0 Å². The maximum atomic E-state index is 10.7. The molecule has 0 saturated carbocycles. The van der Waals surface area contributed by atoms with Crippen LogP contribution in [0.15, 0.2) is 24.3 Å². The Balaban J connectivity index is 2.21. The number of hydrogen-bond donors (Lipinski definition) is 1. The summed E-state index contributed by atoms with van der Waals surface area (Å²) in [6.45, 7) is 1.91. The van der Waals surface area contributed by atoms with Gasteiger partial charge in [0.25, 0.3) is 0 Å². The predicted octanol–water partition coefficient (Wildman–Crippen LogP) is 1.64. The lowest BCUT2D eigenvalue weighted by molar-refractivity contribution is 0.0395. The topological polar surface area (TPSA) is 52.3 Å². The van der Waals surface area contributed by atoms with Gasteiger partial charge in [0, 0.05) is 12.8 Å². The lowest BCUT2D eigenvalue weighted by atomic mass is 10.0. The molecule has 2 rings (SSSR count). The minimum Gasteiger partial charge on any atom is -0.443 e. The van der Waals surface area contributed by atoms with Crippen LogP contribution in [-0.2, 0) is 17.6 Å². The SMILES string of the molecule is CC1(OC(N)=O)Cc2ccccc2C1. The molecule has 0 atom stereocenters. The van der Waals surface area contributed by atoms with Crippen LogP contribution in [0, 0.1) is 0 Å². The molecule has 0 aromatic heterocycles. The molecule has 3 heteroatoms. The van der Waals surface area contributed by atoms with Crippen LogP contribution in [0.2, 0.25) is 0 Å². The van der Waals surface area contributed by atoms with Gasteiger partial charge in [-0.1, -0.05) is 24.3 Å². The molecule has 0 saturated heterocycles. The van der Waals surface area contributed by atoms with Gasteiger partial charge in [-0.15, -0.1) is 0 Å². The molecule has 0 bridgehead atoms. The molecule has 2 N–H and O–H groups in total. The molecule has 1 aliphatic carbocycles. The summed E-state index contributed by atoms with van der Waals surface area (Å²) >= 11 is 0. The zero-order chi connectivity index (χ0) is 10.2. The van der Waals surface area contributed by atoms with Crippen molar-refractivity contribution in [1.29, 1.82) is 0 Å². The van der Waals surface area contributed by atoms with Crippen molar-refractivity contribution in [2.24, 2.45) is 5.73 Å². The number of hydrogen-bond acceptors (Lipinski definition) is 2. The van der Waals surface area contributed by atoms with Crippen molar-refractivity contribution < 1.29 is 9.53 Å². The summed E-state index contributed by atoms with van der Waals surface area (Å²) in [6, 6.07) is 8.11. The third-order valence-electron chi connectivity index (χ3n) is 2.59. The van der Waals surface area contributed by atoms with Gasteiger partial charge in [0.15, 0.2) is 0 Å². The first-order valence-electron chi connectivity index (χ1n) is 4.64. The fourth-order valence-electron chi connectivity index (χ4n) is 2.09. The van der Waals surface area contributed by atoms with Gasteiger partial charge in [-0.3, -0.25) is 0 Å². The largest absolute Gasteiger partial charge is 0.443 e. The average molecular weight is 191 g/mol. The van der Waals surface area contributed by atoms with Crippen LogP contribution in [0.25, 0.3) is 0 Å². The van der Waals surface area contributed by atoms with E-state index in [1.54, 1.807) is 0 Å². The van der Waals surface area contributed by atoms with Crippen molar-refractivity contribution in [3.63, 3.8) is 0 Å². The van der Waals surface area contributed by atoms with Gasteiger partial charge in [0.2, 0.25) is 0 Å². The van der Waals surface area contributed by atoms with E-state index in [1.165, 1.54) is 11.1 Å². The predicted molar refractivity (Wildman–Crippen MR) is 52.9 cm³/mol. The molecule has 0 unspecified atom stereocenters. The Bertz CT molecular complexity index is 348. The van der Waals surface area contributed by atoms with Gasteiger partial charge in [0.05, 0.1) is 0 Å². The van der Waals surface area contributed by atoms with Gasteiger partial charge in [-0.25, -0.2) is 4.79 Å². The summed E-state index contributed by atoms with van der Waals surface area (Å²) in [5, 5.41) is 0. The first-order valence-corrected chi connectivity index (χ1v) is 4.64. The average Bonchev–Trinajstić information content (AvgIpc) is 2.38. The number of amides is 1. The number of primary amides is 1. The van der Waals surface area contributed by atoms with E-state index in [1.807, 2.05) is 19.1 Å². The Morgan fingerprint density at radius 3 is 2.29 bits per heavy atom. The Morgan fingerprint density at radius 2 is 1.86 bits per heavy atom. The normalized spacial score (nSPS) is 17.5. The molecular weight excluding hydrogens is 178 g/mol. The van der Waals surface area contributed by atoms with Crippen LogP contribution < -0.4 is 5.73 Å². The van der Waals surface area contributed by atoms with E-state index >= 15 is 0 Å². The minimum atomic E-state index is -0.694. The summed E-state index contributed by atoms with van der Waals surface area (Å²) in [6.07, 6.45) is 0.818. The highest BCUT2D eigenvalue weighted by atomic mass is 16.6. The van der Waals surface area contributed by atoms with E-state index in [-0.39, 0.29) is 0 Å². The number of fused-ring (bicyclic) bond motifs is 1. The van der Waals surface area contributed by atoms with E-state index in [4.69, 9.17) is 10.5 Å². The van der Waals surface area contributed by atoms with Crippen molar-refractivity contribution in [3.8, 4) is 0 Å². The molecule has 1 aromatic carbocycles. The highest BCUT2D eigenvalue weighted by Crippen LogP contribution is 2.32. The third-order valence-corrected chi connectivity index (χ3v) is 2.59. The summed E-state index contributed by atoms with van der Waals surface area (Å²) < 4.78 is 5.12. The zero-order valence-electron chi connectivity index (χ0n) is 8.12. The Hall–Kier alpha value is -1.51. The van der Waals surface area contributed by atoms with E-state index in [2.05, 4.69) is 12.1 Å². The van der Waals surface area contributed by atoms with Crippen molar-refractivity contribution in [1.82, 2.24) is 0 Å². The molecule has 14 heavy (non-hydrogen) atoms. The first-order chi connectivity index (χ1) is 6.59. The highest BCUT2D eigenvalue weighted by Gasteiger charge is 2.35. The van der Waals surface area contributed by atoms with Gasteiger partial charge in [-0.2, -0.15) is 0 Å². The van der Waals surface area contributed by atoms with Crippen molar-refractivity contribution in [3.05, 3.63) is 35.4 Å². The zero-order valence-corrected chi connectivity index (χ0v) is 8.12. The molecule has 0 aliphatic heterocycles. The maximum absolute atomic E-state index is 10.7. The minimum absolute atomic E-state index is 0.449. The molecule has 1 amide bonds. The number of carbonyl (C=O) groups excluding carboxylic acids is 1. The molecule has 0 spiro atoms. The number of carbonyl (C=O) groups is 1. The lowest BCUT2D eigenvalue weighted by Gasteiger charge is -2.22. The highest BCUT2D eigenvalue weighted by molar-refractivity contribution is 5.65. The van der Waals surface area contributed by atoms with Crippen LogP contribution in [0.4, 0.5) is 4.79 Å².